The number of benzene rings is 1. The molecule has 0 aliphatic rings. The molecule has 1 nitrogen and oxygen atoms in total. The molecule has 0 heterocycles. The molecule has 1 aromatic rings. The van der Waals surface area contributed by atoms with Crippen molar-refractivity contribution in [2.75, 3.05) is 6.54 Å². The third kappa shape index (κ3) is 5.41. The SMILES string of the molecule is C=C(Cc1ccccc1)NCC.CC. The summed E-state index contributed by atoms with van der Waals surface area (Å²) in [6.07, 6.45) is 0.925. The number of hydrogen-bond donors (Lipinski definition) is 1. The van der Waals surface area contributed by atoms with Crippen LogP contribution in [0.15, 0.2) is 42.6 Å². The second-order valence-corrected chi connectivity index (χ2v) is 2.80. The topological polar surface area (TPSA) is 12.0 Å². The Morgan fingerprint density at radius 3 is 2.29 bits per heavy atom. The zero-order valence-electron chi connectivity index (χ0n) is 9.51. The van der Waals surface area contributed by atoms with Crippen LogP contribution in [0.4, 0.5) is 0 Å². The van der Waals surface area contributed by atoms with Gasteiger partial charge in [-0.1, -0.05) is 50.8 Å². The molecule has 14 heavy (non-hydrogen) atoms. The number of likely N-dealkylation sites (N-methyl/N-ethyl adjacent to an activating group) is 1. The van der Waals surface area contributed by atoms with Gasteiger partial charge >= 0.3 is 0 Å². The van der Waals surface area contributed by atoms with Gasteiger partial charge in [0, 0.05) is 18.7 Å². The largest absolute Gasteiger partial charge is 0.389 e. The van der Waals surface area contributed by atoms with Crippen molar-refractivity contribution in [2.24, 2.45) is 0 Å². The molecule has 0 saturated heterocycles. The molecule has 0 spiro atoms. The summed E-state index contributed by atoms with van der Waals surface area (Å²) in [5.41, 5.74) is 2.40. The fraction of sp³-hybridized carbons (Fsp3) is 0.385. The van der Waals surface area contributed by atoms with Crippen molar-refractivity contribution in [1.82, 2.24) is 5.32 Å². The summed E-state index contributed by atoms with van der Waals surface area (Å²) in [6, 6.07) is 10.4. The maximum atomic E-state index is 3.93. The van der Waals surface area contributed by atoms with Crippen molar-refractivity contribution in [2.45, 2.75) is 27.2 Å². The fourth-order valence-corrected chi connectivity index (χ4v) is 1.15. The van der Waals surface area contributed by atoms with Gasteiger partial charge in [0.1, 0.15) is 0 Å². The monoisotopic (exact) mass is 191 g/mol. The Morgan fingerprint density at radius 2 is 1.79 bits per heavy atom. The molecule has 0 atom stereocenters. The molecular formula is C13H21N. The van der Waals surface area contributed by atoms with Crippen molar-refractivity contribution >= 4 is 0 Å². The highest BCUT2D eigenvalue weighted by atomic mass is 14.9. The number of nitrogens with one attached hydrogen (secondary N) is 1. The van der Waals surface area contributed by atoms with E-state index in [1.54, 1.807) is 0 Å². The molecule has 1 aromatic carbocycles. The van der Waals surface area contributed by atoms with Crippen molar-refractivity contribution in [1.29, 1.82) is 0 Å². The van der Waals surface area contributed by atoms with Gasteiger partial charge in [0.25, 0.3) is 0 Å². The van der Waals surface area contributed by atoms with E-state index in [9.17, 15) is 0 Å². The smallest absolute Gasteiger partial charge is 0.0117 e. The lowest BCUT2D eigenvalue weighted by atomic mass is 10.1. The molecule has 1 N–H and O–H groups in total. The molecule has 0 amide bonds. The molecule has 0 aliphatic carbocycles. The predicted octanol–water partition coefficient (Wildman–Crippen LogP) is 3.38. The Hall–Kier alpha value is -1.24. The molecule has 1 rings (SSSR count). The van der Waals surface area contributed by atoms with E-state index >= 15 is 0 Å². The zero-order valence-corrected chi connectivity index (χ0v) is 9.51. The van der Waals surface area contributed by atoms with E-state index in [4.69, 9.17) is 0 Å². The molecule has 1 heteroatoms. The zero-order chi connectivity index (χ0) is 10.8. The number of rotatable bonds is 4. The van der Waals surface area contributed by atoms with Crippen molar-refractivity contribution in [3.05, 3.63) is 48.2 Å². The van der Waals surface area contributed by atoms with Gasteiger partial charge in [-0.3, -0.25) is 0 Å². The van der Waals surface area contributed by atoms with Gasteiger partial charge in [-0.25, -0.2) is 0 Å². The Bertz CT molecular complexity index is 239. The first kappa shape index (κ1) is 12.8. The fourth-order valence-electron chi connectivity index (χ4n) is 1.15. The molecule has 0 saturated carbocycles. The van der Waals surface area contributed by atoms with E-state index in [-0.39, 0.29) is 0 Å². The third-order valence-corrected chi connectivity index (χ3v) is 1.69. The van der Waals surface area contributed by atoms with E-state index < -0.39 is 0 Å². The third-order valence-electron chi connectivity index (χ3n) is 1.69. The van der Waals surface area contributed by atoms with Crippen LogP contribution < -0.4 is 5.32 Å². The van der Waals surface area contributed by atoms with Crippen molar-refractivity contribution < 1.29 is 0 Å². The van der Waals surface area contributed by atoms with E-state index in [1.165, 1.54) is 5.56 Å². The molecule has 78 valence electrons. The summed E-state index contributed by atoms with van der Waals surface area (Å²) in [5, 5.41) is 3.20. The van der Waals surface area contributed by atoms with Crippen LogP contribution in [0.3, 0.4) is 0 Å². The summed E-state index contributed by atoms with van der Waals surface area (Å²) < 4.78 is 0. The summed E-state index contributed by atoms with van der Waals surface area (Å²) >= 11 is 0. The highest BCUT2D eigenvalue weighted by Crippen LogP contribution is 2.03. The van der Waals surface area contributed by atoms with Gasteiger partial charge in [-0.15, -0.1) is 0 Å². The Kier molecular flexibility index (Phi) is 7.62. The van der Waals surface area contributed by atoms with E-state index in [1.807, 2.05) is 19.9 Å². The van der Waals surface area contributed by atoms with Crippen LogP contribution in [-0.4, -0.2) is 6.54 Å². The first-order valence-corrected chi connectivity index (χ1v) is 5.28. The van der Waals surface area contributed by atoms with Gasteiger partial charge < -0.3 is 5.32 Å². The van der Waals surface area contributed by atoms with Crippen molar-refractivity contribution in [3.63, 3.8) is 0 Å². The van der Waals surface area contributed by atoms with Crippen LogP contribution in [0, 0.1) is 0 Å². The molecule has 0 radical (unpaired) electrons. The van der Waals surface area contributed by atoms with Crippen LogP contribution in [0.2, 0.25) is 0 Å². The van der Waals surface area contributed by atoms with Gasteiger partial charge in [0.2, 0.25) is 0 Å². The van der Waals surface area contributed by atoms with E-state index in [0.29, 0.717) is 0 Å². The van der Waals surface area contributed by atoms with Gasteiger partial charge in [-0.2, -0.15) is 0 Å². The van der Waals surface area contributed by atoms with Crippen LogP contribution in [-0.2, 0) is 6.42 Å². The van der Waals surface area contributed by atoms with Crippen LogP contribution in [0.1, 0.15) is 26.3 Å². The molecule has 0 aliphatic heterocycles. The minimum absolute atomic E-state index is 0.925. The van der Waals surface area contributed by atoms with E-state index in [0.717, 1.165) is 18.7 Å². The quantitative estimate of drug-likeness (QED) is 0.769. The van der Waals surface area contributed by atoms with E-state index in [2.05, 4.69) is 43.1 Å². The highest BCUT2D eigenvalue weighted by Gasteiger charge is 1.93. The Morgan fingerprint density at radius 1 is 1.21 bits per heavy atom. The normalized spacial score (nSPS) is 8.50. The second kappa shape index (κ2) is 8.36. The van der Waals surface area contributed by atoms with Crippen LogP contribution in [0.5, 0.6) is 0 Å². The van der Waals surface area contributed by atoms with Crippen LogP contribution >= 0.6 is 0 Å². The average Bonchev–Trinajstić information content (AvgIpc) is 2.22. The summed E-state index contributed by atoms with van der Waals surface area (Å²) in [4.78, 5) is 0. The minimum Gasteiger partial charge on any atom is -0.389 e. The summed E-state index contributed by atoms with van der Waals surface area (Å²) in [6.45, 7) is 11.0. The minimum atomic E-state index is 0.925. The van der Waals surface area contributed by atoms with Gasteiger partial charge in [0.05, 0.1) is 0 Å². The van der Waals surface area contributed by atoms with Gasteiger partial charge in [-0.05, 0) is 12.5 Å². The first-order chi connectivity index (χ1) is 6.83. The molecule has 0 unspecified atom stereocenters. The van der Waals surface area contributed by atoms with Crippen molar-refractivity contribution in [3.8, 4) is 0 Å². The standard InChI is InChI=1S/C11H15N.C2H6/c1-3-12-10(2)9-11-7-5-4-6-8-11;1-2/h4-8,12H,2-3,9H2,1H3;1-2H3. The van der Waals surface area contributed by atoms with Crippen LogP contribution in [0.25, 0.3) is 0 Å². The maximum absolute atomic E-state index is 3.93. The summed E-state index contributed by atoms with van der Waals surface area (Å²) in [7, 11) is 0. The maximum Gasteiger partial charge on any atom is 0.0117 e. The Labute approximate surface area is 87.9 Å². The molecule has 0 aromatic heterocycles. The molecule has 0 bridgehead atoms. The number of hydrogen-bond acceptors (Lipinski definition) is 1. The highest BCUT2D eigenvalue weighted by molar-refractivity contribution is 5.19. The Balaban J connectivity index is 0.000000791. The predicted molar refractivity (Wildman–Crippen MR) is 64.3 cm³/mol. The number of allylic oxidation sites excluding steroid dienone is 1. The molecule has 0 fully saturated rings. The summed E-state index contributed by atoms with van der Waals surface area (Å²) in [5.74, 6) is 0. The lowest BCUT2D eigenvalue weighted by molar-refractivity contribution is 0.823. The average molecular weight is 191 g/mol. The first-order valence-electron chi connectivity index (χ1n) is 5.28. The lowest BCUT2D eigenvalue weighted by Gasteiger charge is -2.06. The lowest BCUT2D eigenvalue weighted by Crippen LogP contribution is -2.12. The van der Waals surface area contributed by atoms with Gasteiger partial charge in [0.15, 0.2) is 0 Å². The second-order valence-electron chi connectivity index (χ2n) is 2.80. The molecular weight excluding hydrogens is 170 g/mol.